The quantitative estimate of drug-likeness (QED) is 0.524. The molecule has 1 aliphatic rings. The largest absolute Gasteiger partial charge is 0.408 e. The fourth-order valence-electron chi connectivity index (χ4n) is 1.33. The maximum absolute atomic E-state index is 9.28. The van der Waals surface area contributed by atoms with Crippen molar-refractivity contribution in [3.8, 4) is 0 Å². The minimum Gasteiger partial charge on any atom is -0.408 e. The number of rotatable bonds is 0. The van der Waals surface area contributed by atoms with E-state index in [1.54, 1.807) is 0 Å². The Morgan fingerprint density at radius 1 is 1.55 bits per heavy atom. The third-order valence-corrected chi connectivity index (χ3v) is 1.96. The summed E-state index contributed by atoms with van der Waals surface area (Å²) in [4.78, 5) is 0. The van der Waals surface area contributed by atoms with E-state index in [0.717, 1.165) is 16.6 Å². The van der Waals surface area contributed by atoms with Gasteiger partial charge in [-0.1, -0.05) is 23.8 Å². The van der Waals surface area contributed by atoms with E-state index in [-0.39, 0.29) is 0 Å². The lowest BCUT2D eigenvalue weighted by Crippen LogP contribution is -2.10. The Kier molecular flexibility index (Phi) is 1.48. The van der Waals surface area contributed by atoms with Crippen molar-refractivity contribution in [1.82, 2.24) is 0 Å². The average Bonchev–Trinajstić information content (AvgIpc) is 2.33. The molecule has 0 bridgehead atoms. The molecule has 0 aliphatic carbocycles. The van der Waals surface area contributed by atoms with Gasteiger partial charge < -0.3 is 9.76 Å². The van der Waals surface area contributed by atoms with Gasteiger partial charge >= 0.3 is 7.48 Å². The van der Waals surface area contributed by atoms with Gasteiger partial charge in [-0.25, -0.2) is 0 Å². The molecule has 2 rings (SSSR count). The molecule has 56 valence electrons. The van der Waals surface area contributed by atoms with Gasteiger partial charge in [0.2, 0.25) is 0 Å². The third-order valence-electron chi connectivity index (χ3n) is 1.96. The van der Waals surface area contributed by atoms with Gasteiger partial charge in [-0.15, -0.1) is 0 Å². The van der Waals surface area contributed by atoms with Gasteiger partial charge in [-0.3, -0.25) is 0 Å². The zero-order valence-electron chi connectivity index (χ0n) is 6.37. The molecule has 3 heteroatoms. The highest BCUT2D eigenvalue weighted by molar-refractivity contribution is 6.49. The number of aliphatic hydroxyl groups excluding tert-OH is 1. The maximum Gasteiger partial charge on any atom is 0.312 e. The summed E-state index contributed by atoms with van der Waals surface area (Å²) >= 11 is 0. The van der Waals surface area contributed by atoms with Crippen molar-refractivity contribution >= 4 is 12.9 Å². The first-order valence-electron chi connectivity index (χ1n) is 3.66. The Bertz CT molecular complexity index is 285. The van der Waals surface area contributed by atoms with Crippen LogP contribution in [0, 0.1) is 6.92 Å². The molecule has 0 aromatic heterocycles. The van der Waals surface area contributed by atoms with E-state index in [1.165, 1.54) is 0 Å². The highest BCUT2D eigenvalue weighted by Gasteiger charge is 2.21. The standard InChI is InChI=1S/C8H9BO2/c1-5-2-3-7-6(4-5)8(10)11-9-7/h2-4,8-10H,1H3. The van der Waals surface area contributed by atoms with Crippen LogP contribution >= 0.6 is 0 Å². The fraction of sp³-hybridized carbons (Fsp3) is 0.250. The van der Waals surface area contributed by atoms with Crippen molar-refractivity contribution in [3.63, 3.8) is 0 Å². The van der Waals surface area contributed by atoms with E-state index in [4.69, 9.17) is 4.65 Å². The Morgan fingerprint density at radius 2 is 2.36 bits per heavy atom. The lowest BCUT2D eigenvalue weighted by atomic mass is 9.86. The van der Waals surface area contributed by atoms with Crippen LogP contribution in [0.25, 0.3) is 0 Å². The van der Waals surface area contributed by atoms with Gasteiger partial charge in [0, 0.05) is 5.56 Å². The summed E-state index contributed by atoms with van der Waals surface area (Å²) in [6.07, 6.45) is -0.704. The molecular formula is C8H9BO2. The van der Waals surface area contributed by atoms with Gasteiger partial charge in [-0.2, -0.15) is 0 Å². The monoisotopic (exact) mass is 148 g/mol. The fourth-order valence-corrected chi connectivity index (χ4v) is 1.33. The zero-order valence-corrected chi connectivity index (χ0v) is 6.37. The normalized spacial score (nSPS) is 21.1. The second kappa shape index (κ2) is 2.36. The molecule has 2 nitrogen and oxygen atoms in total. The predicted octanol–water partition coefficient (Wildman–Crippen LogP) is -0.00708. The highest BCUT2D eigenvalue weighted by Crippen LogP contribution is 2.17. The Labute approximate surface area is 66.1 Å². The number of fused-ring (bicyclic) bond motifs is 1. The van der Waals surface area contributed by atoms with Crippen molar-refractivity contribution in [2.45, 2.75) is 13.2 Å². The number of hydrogen-bond donors (Lipinski definition) is 1. The molecule has 1 aromatic rings. The van der Waals surface area contributed by atoms with Gasteiger partial charge in [0.25, 0.3) is 0 Å². The third kappa shape index (κ3) is 1.06. The molecule has 0 saturated heterocycles. The Balaban J connectivity index is 2.52. The first kappa shape index (κ1) is 6.89. The summed E-state index contributed by atoms with van der Waals surface area (Å²) in [6.45, 7) is 2.01. The minimum atomic E-state index is -0.704. The minimum absolute atomic E-state index is 0.538. The zero-order chi connectivity index (χ0) is 7.84. The molecule has 1 atom stereocenters. The smallest absolute Gasteiger partial charge is 0.312 e. The van der Waals surface area contributed by atoms with E-state index < -0.39 is 6.29 Å². The maximum atomic E-state index is 9.28. The summed E-state index contributed by atoms with van der Waals surface area (Å²) in [7, 11) is 0.538. The molecule has 1 unspecified atom stereocenters. The second-order valence-corrected chi connectivity index (χ2v) is 2.87. The van der Waals surface area contributed by atoms with Crippen LogP contribution in [0.3, 0.4) is 0 Å². The lowest BCUT2D eigenvalue weighted by Gasteiger charge is -2.03. The summed E-state index contributed by atoms with van der Waals surface area (Å²) in [5.74, 6) is 0. The van der Waals surface area contributed by atoms with E-state index in [1.807, 2.05) is 25.1 Å². The second-order valence-electron chi connectivity index (χ2n) is 2.87. The number of aryl methyl sites for hydroxylation is 1. The number of aliphatic hydroxyl groups is 1. The molecule has 0 radical (unpaired) electrons. The van der Waals surface area contributed by atoms with Crippen LogP contribution in [0.4, 0.5) is 0 Å². The summed E-state index contributed by atoms with van der Waals surface area (Å²) in [6, 6.07) is 5.99. The van der Waals surface area contributed by atoms with Crippen LogP contribution in [-0.2, 0) is 4.65 Å². The highest BCUT2D eigenvalue weighted by atomic mass is 16.6. The van der Waals surface area contributed by atoms with Crippen molar-refractivity contribution in [3.05, 3.63) is 29.3 Å². The molecular weight excluding hydrogens is 139 g/mol. The lowest BCUT2D eigenvalue weighted by molar-refractivity contribution is -0.00797. The molecule has 1 N–H and O–H groups in total. The molecule has 0 saturated carbocycles. The molecule has 1 aliphatic heterocycles. The van der Waals surface area contributed by atoms with Crippen LogP contribution in [0.1, 0.15) is 17.4 Å². The van der Waals surface area contributed by atoms with E-state index in [2.05, 4.69) is 0 Å². The predicted molar refractivity (Wildman–Crippen MR) is 44.0 cm³/mol. The molecule has 0 amide bonds. The number of benzene rings is 1. The average molecular weight is 148 g/mol. The molecule has 1 aromatic carbocycles. The first-order chi connectivity index (χ1) is 5.27. The SMILES string of the molecule is Cc1ccc2c(c1)C(O)OB2. The van der Waals surface area contributed by atoms with E-state index in [9.17, 15) is 5.11 Å². The summed E-state index contributed by atoms with van der Waals surface area (Å²) in [5, 5.41) is 9.28. The van der Waals surface area contributed by atoms with E-state index in [0.29, 0.717) is 7.48 Å². The Hall–Kier alpha value is -0.795. The molecule has 11 heavy (non-hydrogen) atoms. The van der Waals surface area contributed by atoms with Crippen LogP contribution in [0.2, 0.25) is 0 Å². The van der Waals surface area contributed by atoms with Crippen molar-refractivity contribution < 1.29 is 9.76 Å². The van der Waals surface area contributed by atoms with Crippen LogP contribution < -0.4 is 5.46 Å². The van der Waals surface area contributed by atoms with Gasteiger partial charge in [0.05, 0.1) is 0 Å². The summed E-state index contributed by atoms with van der Waals surface area (Å²) in [5.41, 5.74) is 3.18. The van der Waals surface area contributed by atoms with E-state index >= 15 is 0 Å². The van der Waals surface area contributed by atoms with Crippen LogP contribution in [0.15, 0.2) is 18.2 Å². The first-order valence-corrected chi connectivity index (χ1v) is 3.66. The molecule has 0 fully saturated rings. The van der Waals surface area contributed by atoms with Crippen molar-refractivity contribution in [2.24, 2.45) is 0 Å². The van der Waals surface area contributed by atoms with Crippen molar-refractivity contribution in [1.29, 1.82) is 0 Å². The van der Waals surface area contributed by atoms with Gasteiger partial charge in [-0.05, 0) is 12.4 Å². The van der Waals surface area contributed by atoms with Gasteiger partial charge in [0.1, 0.15) is 0 Å². The van der Waals surface area contributed by atoms with Crippen LogP contribution in [-0.4, -0.2) is 12.6 Å². The van der Waals surface area contributed by atoms with Crippen molar-refractivity contribution in [2.75, 3.05) is 0 Å². The summed E-state index contributed by atoms with van der Waals surface area (Å²) < 4.78 is 5.03. The topological polar surface area (TPSA) is 29.5 Å². The van der Waals surface area contributed by atoms with Gasteiger partial charge in [0.15, 0.2) is 6.29 Å². The molecule has 0 spiro atoms. The van der Waals surface area contributed by atoms with Crippen LogP contribution in [0.5, 0.6) is 0 Å². The Morgan fingerprint density at radius 3 is 3.18 bits per heavy atom. The number of hydrogen-bond acceptors (Lipinski definition) is 2. The molecule has 1 heterocycles.